The van der Waals surface area contributed by atoms with Crippen LogP contribution < -0.4 is 4.90 Å². The summed E-state index contributed by atoms with van der Waals surface area (Å²) < 4.78 is 1.92. The van der Waals surface area contributed by atoms with E-state index in [1.165, 1.54) is 6.07 Å². The minimum absolute atomic E-state index is 0.0282. The van der Waals surface area contributed by atoms with Gasteiger partial charge in [-0.2, -0.15) is 0 Å². The van der Waals surface area contributed by atoms with Crippen molar-refractivity contribution < 1.29 is 10.2 Å². The monoisotopic (exact) mass is 360 g/mol. The van der Waals surface area contributed by atoms with E-state index in [9.17, 15) is 10.2 Å². The number of hydrogen-bond donors (Lipinski definition) is 2. The average molecular weight is 360 g/mol. The first kappa shape index (κ1) is 16.9. The molecule has 0 unspecified atom stereocenters. The molecule has 0 radical (unpaired) electrons. The minimum atomic E-state index is -0.0282. The Kier molecular flexibility index (Phi) is 3.96. The number of fused-ring (bicyclic) bond motifs is 1. The SMILES string of the molecule is Cc1cc(-c2nc3cccnc3n2-c2ccc(N(C)C)cc2)c(O)cc1O. The quantitative estimate of drug-likeness (QED) is 0.580. The predicted octanol–water partition coefficient (Wildman–Crippen LogP) is 3.87. The van der Waals surface area contributed by atoms with Crippen LogP contribution in [0.15, 0.2) is 54.7 Å². The number of nitrogens with zero attached hydrogens (tertiary/aromatic N) is 4. The molecule has 0 saturated heterocycles. The van der Waals surface area contributed by atoms with E-state index in [1.807, 2.05) is 60.0 Å². The lowest BCUT2D eigenvalue weighted by atomic mass is 10.1. The average Bonchev–Trinajstić information content (AvgIpc) is 3.04. The van der Waals surface area contributed by atoms with Gasteiger partial charge < -0.3 is 15.1 Å². The van der Waals surface area contributed by atoms with Gasteiger partial charge in [-0.1, -0.05) is 0 Å². The van der Waals surface area contributed by atoms with Gasteiger partial charge in [0.2, 0.25) is 0 Å². The van der Waals surface area contributed by atoms with E-state index in [-0.39, 0.29) is 11.5 Å². The largest absolute Gasteiger partial charge is 0.508 e. The van der Waals surface area contributed by atoms with Gasteiger partial charge in [-0.05, 0) is 55.0 Å². The molecule has 4 rings (SSSR count). The molecule has 6 heteroatoms. The Morgan fingerprint density at radius 2 is 1.70 bits per heavy atom. The van der Waals surface area contributed by atoms with Crippen LogP contribution in [0.3, 0.4) is 0 Å². The van der Waals surface area contributed by atoms with E-state index >= 15 is 0 Å². The molecule has 4 aromatic rings. The van der Waals surface area contributed by atoms with Crippen LogP contribution in [0.1, 0.15) is 5.56 Å². The minimum Gasteiger partial charge on any atom is -0.508 e. The number of phenolic OH excluding ortho intramolecular Hbond substituents is 2. The Hall–Kier alpha value is -3.54. The molecule has 0 amide bonds. The lowest BCUT2D eigenvalue weighted by molar-refractivity contribution is 0.449. The highest BCUT2D eigenvalue weighted by molar-refractivity contribution is 5.82. The van der Waals surface area contributed by atoms with Crippen LogP contribution in [0, 0.1) is 6.92 Å². The molecule has 0 bridgehead atoms. The second-order valence-electron chi connectivity index (χ2n) is 6.68. The van der Waals surface area contributed by atoms with Gasteiger partial charge in [0.05, 0.1) is 5.56 Å². The molecule has 6 nitrogen and oxygen atoms in total. The van der Waals surface area contributed by atoms with E-state index in [4.69, 9.17) is 4.98 Å². The summed E-state index contributed by atoms with van der Waals surface area (Å²) >= 11 is 0. The smallest absolute Gasteiger partial charge is 0.164 e. The van der Waals surface area contributed by atoms with Crippen LogP contribution in [-0.4, -0.2) is 38.8 Å². The lowest BCUT2D eigenvalue weighted by Crippen LogP contribution is -2.08. The molecule has 0 fully saturated rings. The van der Waals surface area contributed by atoms with Crippen LogP contribution >= 0.6 is 0 Å². The lowest BCUT2D eigenvalue weighted by Gasteiger charge is -2.15. The summed E-state index contributed by atoms with van der Waals surface area (Å²) in [7, 11) is 3.98. The summed E-state index contributed by atoms with van der Waals surface area (Å²) in [5.41, 5.74) is 4.62. The predicted molar refractivity (Wildman–Crippen MR) is 107 cm³/mol. The summed E-state index contributed by atoms with van der Waals surface area (Å²) in [4.78, 5) is 11.2. The van der Waals surface area contributed by atoms with Crippen LogP contribution in [-0.2, 0) is 0 Å². The van der Waals surface area contributed by atoms with Gasteiger partial charge in [-0.3, -0.25) is 4.57 Å². The highest BCUT2D eigenvalue weighted by Crippen LogP contribution is 2.36. The fourth-order valence-electron chi connectivity index (χ4n) is 3.10. The second-order valence-corrected chi connectivity index (χ2v) is 6.68. The van der Waals surface area contributed by atoms with Gasteiger partial charge in [0.15, 0.2) is 11.5 Å². The molecule has 2 N–H and O–H groups in total. The van der Waals surface area contributed by atoms with Gasteiger partial charge in [-0.15, -0.1) is 0 Å². The van der Waals surface area contributed by atoms with E-state index < -0.39 is 0 Å². The molecule has 0 aliphatic heterocycles. The standard InChI is InChI=1S/C21H20N4O2/c1-13-11-16(19(27)12-18(13)26)20-23-17-5-4-10-22-21(17)25(20)15-8-6-14(7-9-15)24(2)3/h4-12,26-27H,1-3H3. The molecule has 27 heavy (non-hydrogen) atoms. The number of aromatic nitrogens is 3. The number of benzene rings is 2. The van der Waals surface area contributed by atoms with Crippen molar-refractivity contribution in [3.8, 4) is 28.6 Å². The first-order chi connectivity index (χ1) is 13.0. The first-order valence-electron chi connectivity index (χ1n) is 8.60. The third-order valence-corrected chi connectivity index (χ3v) is 4.60. The highest BCUT2D eigenvalue weighted by Gasteiger charge is 2.19. The Balaban J connectivity index is 1.99. The van der Waals surface area contributed by atoms with Crippen molar-refractivity contribution in [2.75, 3.05) is 19.0 Å². The Morgan fingerprint density at radius 3 is 2.41 bits per heavy atom. The van der Waals surface area contributed by atoms with E-state index in [0.29, 0.717) is 22.6 Å². The number of pyridine rings is 1. The zero-order valence-electron chi connectivity index (χ0n) is 15.4. The topological polar surface area (TPSA) is 74.4 Å². The first-order valence-corrected chi connectivity index (χ1v) is 8.60. The zero-order valence-corrected chi connectivity index (χ0v) is 15.4. The van der Waals surface area contributed by atoms with Crippen LogP contribution in [0.25, 0.3) is 28.2 Å². The van der Waals surface area contributed by atoms with Crippen molar-refractivity contribution in [1.82, 2.24) is 14.5 Å². The summed E-state index contributed by atoms with van der Waals surface area (Å²) in [5, 5.41) is 20.3. The third kappa shape index (κ3) is 2.85. The Morgan fingerprint density at radius 1 is 0.963 bits per heavy atom. The van der Waals surface area contributed by atoms with E-state index in [2.05, 4.69) is 4.98 Å². The highest BCUT2D eigenvalue weighted by atomic mass is 16.3. The Labute approximate surface area is 157 Å². The number of phenols is 2. The molecule has 2 aromatic carbocycles. The molecule has 2 heterocycles. The fraction of sp³-hybridized carbons (Fsp3) is 0.143. The summed E-state index contributed by atoms with van der Waals surface area (Å²) in [6.45, 7) is 1.79. The molecular weight excluding hydrogens is 340 g/mol. The van der Waals surface area contributed by atoms with E-state index in [0.717, 1.165) is 16.9 Å². The van der Waals surface area contributed by atoms with Gasteiger partial charge >= 0.3 is 0 Å². The number of aryl methyl sites for hydroxylation is 1. The maximum atomic E-state index is 10.4. The number of aromatic hydroxyl groups is 2. The maximum Gasteiger partial charge on any atom is 0.164 e. The molecule has 2 aromatic heterocycles. The molecule has 0 aliphatic rings. The zero-order chi connectivity index (χ0) is 19.1. The summed E-state index contributed by atoms with van der Waals surface area (Å²) in [5.74, 6) is 0.592. The molecule has 0 aliphatic carbocycles. The molecular formula is C21H20N4O2. The second kappa shape index (κ2) is 6.32. The summed E-state index contributed by atoms with van der Waals surface area (Å²) in [6, 6.07) is 14.8. The van der Waals surface area contributed by atoms with Gasteiger partial charge in [0, 0.05) is 37.7 Å². The van der Waals surface area contributed by atoms with Crippen molar-refractivity contribution in [3.05, 3.63) is 60.3 Å². The summed E-state index contributed by atoms with van der Waals surface area (Å²) in [6.07, 6.45) is 1.72. The van der Waals surface area contributed by atoms with E-state index in [1.54, 1.807) is 19.2 Å². The van der Waals surface area contributed by atoms with Crippen molar-refractivity contribution in [2.45, 2.75) is 6.92 Å². The van der Waals surface area contributed by atoms with Crippen LogP contribution in [0.2, 0.25) is 0 Å². The number of hydrogen-bond acceptors (Lipinski definition) is 5. The number of imidazole rings is 1. The Bertz CT molecular complexity index is 1130. The number of rotatable bonds is 3. The van der Waals surface area contributed by atoms with Crippen molar-refractivity contribution in [3.63, 3.8) is 0 Å². The molecule has 136 valence electrons. The van der Waals surface area contributed by atoms with Crippen molar-refractivity contribution in [2.24, 2.45) is 0 Å². The molecule has 0 saturated carbocycles. The molecule has 0 spiro atoms. The van der Waals surface area contributed by atoms with Crippen molar-refractivity contribution >= 4 is 16.9 Å². The third-order valence-electron chi connectivity index (χ3n) is 4.60. The molecule has 0 atom stereocenters. The van der Waals surface area contributed by atoms with Gasteiger partial charge in [0.1, 0.15) is 17.0 Å². The van der Waals surface area contributed by atoms with Gasteiger partial charge in [-0.25, -0.2) is 9.97 Å². The van der Waals surface area contributed by atoms with Crippen LogP contribution in [0.4, 0.5) is 5.69 Å². The number of anilines is 1. The van der Waals surface area contributed by atoms with Crippen molar-refractivity contribution in [1.29, 1.82) is 0 Å². The maximum absolute atomic E-state index is 10.4. The fourth-order valence-corrected chi connectivity index (χ4v) is 3.10. The van der Waals surface area contributed by atoms with Gasteiger partial charge in [0.25, 0.3) is 0 Å². The van der Waals surface area contributed by atoms with Crippen LogP contribution in [0.5, 0.6) is 11.5 Å². The normalized spacial score (nSPS) is 11.1.